The number of aromatic nitrogens is 1. The molecular formula is C17H22BrN3O3S. The zero-order valence-electron chi connectivity index (χ0n) is 14.0. The highest BCUT2D eigenvalue weighted by Crippen LogP contribution is 2.39. The Hall–Kier alpha value is -1.25. The van der Waals surface area contributed by atoms with Gasteiger partial charge in [0.25, 0.3) is 0 Å². The van der Waals surface area contributed by atoms with Gasteiger partial charge in [-0.05, 0) is 47.7 Å². The van der Waals surface area contributed by atoms with Gasteiger partial charge in [-0.1, -0.05) is 6.58 Å². The molecular weight excluding hydrogens is 406 g/mol. The van der Waals surface area contributed by atoms with Crippen molar-refractivity contribution in [3.63, 3.8) is 0 Å². The first-order chi connectivity index (χ1) is 11.9. The average molecular weight is 428 g/mol. The monoisotopic (exact) mass is 427 g/mol. The lowest BCUT2D eigenvalue weighted by Crippen LogP contribution is -2.50. The van der Waals surface area contributed by atoms with Crippen LogP contribution in [0.2, 0.25) is 0 Å². The van der Waals surface area contributed by atoms with Crippen LogP contribution in [0.25, 0.3) is 0 Å². The van der Waals surface area contributed by atoms with Crippen LogP contribution in [0.1, 0.15) is 30.6 Å². The number of carbonyl (C=O) groups is 2. The van der Waals surface area contributed by atoms with Gasteiger partial charge >= 0.3 is 0 Å². The van der Waals surface area contributed by atoms with Crippen molar-refractivity contribution in [1.29, 1.82) is 0 Å². The predicted octanol–water partition coefficient (Wildman–Crippen LogP) is 2.14. The van der Waals surface area contributed by atoms with Gasteiger partial charge in [-0.2, -0.15) is 0 Å². The van der Waals surface area contributed by atoms with Gasteiger partial charge in [0.2, 0.25) is 11.8 Å². The Bertz CT molecular complexity index is 670. The fourth-order valence-corrected chi connectivity index (χ4v) is 5.35. The second kappa shape index (κ2) is 7.55. The van der Waals surface area contributed by atoms with E-state index in [4.69, 9.17) is 0 Å². The smallest absolute Gasteiger partial charge is 0.245 e. The van der Waals surface area contributed by atoms with Crippen LogP contribution < -0.4 is 0 Å². The Balaban J connectivity index is 1.61. The lowest BCUT2D eigenvalue weighted by Gasteiger charge is -2.40. The number of hydrogen-bond donors (Lipinski definition) is 1. The predicted molar refractivity (Wildman–Crippen MR) is 99.0 cm³/mol. The Morgan fingerprint density at radius 1 is 1.36 bits per heavy atom. The maximum Gasteiger partial charge on any atom is 0.245 e. The third-order valence-corrected chi connectivity index (χ3v) is 6.99. The number of carbonyl (C=O) groups excluding carboxylic acids is 2. The molecule has 2 fully saturated rings. The van der Waals surface area contributed by atoms with Gasteiger partial charge in [-0.25, -0.2) is 4.98 Å². The number of nitrogens with zero attached hydrogens (tertiary/aromatic N) is 3. The zero-order valence-corrected chi connectivity index (χ0v) is 16.4. The van der Waals surface area contributed by atoms with E-state index in [9.17, 15) is 14.7 Å². The SMILES string of the molecule is C=CC(=O)N1CCCC(C(=O)N2CCC(O)(c3scnc3Br)CC2)C1. The normalized spacial score (nSPS) is 23.4. The first-order valence-corrected chi connectivity index (χ1v) is 10.1. The van der Waals surface area contributed by atoms with Crippen molar-refractivity contribution in [2.24, 2.45) is 5.92 Å². The van der Waals surface area contributed by atoms with E-state index in [0.29, 0.717) is 43.6 Å². The van der Waals surface area contributed by atoms with Crippen LogP contribution in [0.15, 0.2) is 22.8 Å². The molecule has 1 aromatic rings. The van der Waals surface area contributed by atoms with E-state index in [0.717, 1.165) is 17.7 Å². The molecule has 25 heavy (non-hydrogen) atoms. The number of halogens is 1. The summed E-state index contributed by atoms with van der Waals surface area (Å²) in [6, 6.07) is 0. The molecule has 1 N–H and O–H groups in total. The highest BCUT2D eigenvalue weighted by Gasteiger charge is 2.40. The lowest BCUT2D eigenvalue weighted by atomic mass is 9.88. The summed E-state index contributed by atoms with van der Waals surface area (Å²) < 4.78 is 0.686. The van der Waals surface area contributed by atoms with Gasteiger partial charge in [-0.15, -0.1) is 11.3 Å². The minimum absolute atomic E-state index is 0.0898. The fraction of sp³-hybridized carbons (Fsp3) is 0.588. The Morgan fingerprint density at radius 3 is 2.68 bits per heavy atom. The quantitative estimate of drug-likeness (QED) is 0.749. The molecule has 2 aliphatic heterocycles. The average Bonchev–Trinajstić information content (AvgIpc) is 3.08. The molecule has 8 heteroatoms. The molecule has 0 saturated carbocycles. The number of aliphatic hydroxyl groups is 1. The van der Waals surface area contributed by atoms with Crippen LogP contribution in [-0.4, -0.2) is 57.9 Å². The van der Waals surface area contributed by atoms with Gasteiger partial charge in [0.1, 0.15) is 10.2 Å². The standard InChI is InChI=1S/C17H22BrN3O3S/c1-2-13(22)21-7-3-4-12(10-21)16(23)20-8-5-17(24,6-9-20)14-15(18)19-11-25-14/h2,11-12,24H,1,3-10H2. The van der Waals surface area contributed by atoms with E-state index in [2.05, 4.69) is 27.5 Å². The third-order valence-electron chi connectivity index (χ3n) is 5.11. The zero-order chi connectivity index (χ0) is 18.0. The maximum absolute atomic E-state index is 12.8. The molecule has 2 aliphatic rings. The molecule has 0 bridgehead atoms. The molecule has 1 aromatic heterocycles. The highest BCUT2D eigenvalue weighted by molar-refractivity contribution is 9.10. The molecule has 2 saturated heterocycles. The summed E-state index contributed by atoms with van der Waals surface area (Å²) in [4.78, 5) is 33.1. The first kappa shape index (κ1) is 18.5. The van der Waals surface area contributed by atoms with Crippen molar-refractivity contribution in [3.05, 3.63) is 27.6 Å². The van der Waals surface area contributed by atoms with E-state index >= 15 is 0 Å². The van der Waals surface area contributed by atoms with Crippen molar-refractivity contribution in [1.82, 2.24) is 14.8 Å². The Labute approximate surface area is 159 Å². The summed E-state index contributed by atoms with van der Waals surface area (Å²) in [6.07, 6.45) is 3.95. The minimum Gasteiger partial charge on any atom is -0.384 e. The number of likely N-dealkylation sites (tertiary alicyclic amines) is 2. The summed E-state index contributed by atoms with van der Waals surface area (Å²) >= 11 is 4.82. The molecule has 6 nitrogen and oxygen atoms in total. The molecule has 0 aliphatic carbocycles. The summed E-state index contributed by atoms with van der Waals surface area (Å²) in [5.41, 5.74) is 0.788. The molecule has 2 amide bonds. The van der Waals surface area contributed by atoms with Gasteiger partial charge < -0.3 is 14.9 Å². The van der Waals surface area contributed by atoms with Gasteiger partial charge in [0, 0.05) is 26.2 Å². The van der Waals surface area contributed by atoms with Crippen LogP contribution in [0, 0.1) is 5.92 Å². The minimum atomic E-state index is -0.922. The maximum atomic E-state index is 12.8. The molecule has 0 radical (unpaired) electrons. The van der Waals surface area contributed by atoms with E-state index in [-0.39, 0.29) is 17.7 Å². The van der Waals surface area contributed by atoms with Crippen LogP contribution in [-0.2, 0) is 15.2 Å². The van der Waals surface area contributed by atoms with Gasteiger partial charge in [0.05, 0.1) is 16.3 Å². The topological polar surface area (TPSA) is 73.7 Å². The molecule has 0 spiro atoms. The second-order valence-electron chi connectivity index (χ2n) is 6.66. The van der Waals surface area contributed by atoms with E-state index < -0.39 is 5.60 Å². The largest absolute Gasteiger partial charge is 0.384 e. The van der Waals surface area contributed by atoms with Crippen molar-refractivity contribution in [2.45, 2.75) is 31.3 Å². The first-order valence-electron chi connectivity index (χ1n) is 8.46. The summed E-state index contributed by atoms with van der Waals surface area (Å²) in [5, 5.41) is 10.9. The number of hydrogen-bond acceptors (Lipinski definition) is 5. The third kappa shape index (κ3) is 3.80. The van der Waals surface area contributed by atoms with Crippen LogP contribution in [0.4, 0.5) is 0 Å². The van der Waals surface area contributed by atoms with E-state index in [1.165, 1.54) is 17.4 Å². The Kier molecular flexibility index (Phi) is 5.60. The van der Waals surface area contributed by atoms with Gasteiger partial charge in [0.15, 0.2) is 0 Å². The number of thiazole rings is 1. The number of rotatable bonds is 3. The van der Waals surface area contributed by atoms with Crippen molar-refractivity contribution in [2.75, 3.05) is 26.2 Å². The number of amides is 2. The molecule has 1 unspecified atom stereocenters. The van der Waals surface area contributed by atoms with E-state index in [1.54, 1.807) is 10.4 Å². The van der Waals surface area contributed by atoms with E-state index in [1.807, 2.05) is 4.90 Å². The second-order valence-corrected chi connectivity index (χ2v) is 8.26. The summed E-state index contributed by atoms with van der Waals surface area (Å²) in [5.74, 6) is -0.175. The van der Waals surface area contributed by atoms with Crippen LogP contribution in [0.5, 0.6) is 0 Å². The van der Waals surface area contributed by atoms with Crippen LogP contribution in [0.3, 0.4) is 0 Å². The molecule has 1 atom stereocenters. The Morgan fingerprint density at radius 2 is 2.08 bits per heavy atom. The molecule has 3 rings (SSSR count). The summed E-state index contributed by atoms with van der Waals surface area (Å²) in [6.45, 7) is 5.71. The van der Waals surface area contributed by atoms with Crippen molar-refractivity contribution < 1.29 is 14.7 Å². The fourth-order valence-electron chi connectivity index (χ4n) is 3.62. The van der Waals surface area contributed by atoms with Crippen molar-refractivity contribution in [3.8, 4) is 0 Å². The summed E-state index contributed by atoms with van der Waals surface area (Å²) in [7, 11) is 0. The number of piperidine rings is 2. The van der Waals surface area contributed by atoms with Crippen molar-refractivity contribution >= 4 is 39.1 Å². The lowest BCUT2D eigenvalue weighted by molar-refractivity contribution is -0.143. The van der Waals surface area contributed by atoms with Crippen LogP contribution >= 0.6 is 27.3 Å². The van der Waals surface area contributed by atoms with Gasteiger partial charge in [-0.3, -0.25) is 9.59 Å². The molecule has 136 valence electrons. The molecule has 3 heterocycles. The molecule has 0 aromatic carbocycles. The highest BCUT2D eigenvalue weighted by atomic mass is 79.9.